The summed E-state index contributed by atoms with van der Waals surface area (Å²) in [5.41, 5.74) is 2.59. The van der Waals surface area contributed by atoms with Crippen LogP contribution in [-0.4, -0.2) is 6.54 Å². The summed E-state index contributed by atoms with van der Waals surface area (Å²) in [6.07, 6.45) is 2.18. The molecule has 1 nitrogen and oxygen atoms in total. The first-order valence-electron chi connectivity index (χ1n) is 5.76. The van der Waals surface area contributed by atoms with Gasteiger partial charge in [0, 0.05) is 9.61 Å². The van der Waals surface area contributed by atoms with E-state index in [1.54, 1.807) is 0 Å². The van der Waals surface area contributed by atoms with E-state index in [-0.39, 0.29) is 0 Å². The molecule has 1 unspecified atom stereocenters. The van der Waals surface area contributed by atoms with Gasteiger partial charge < -0.3 is 5.32 Å². The van der Waals surface area contributed by atoms with E-state index in [1.807, 2.05) is 0 Å². The van der Waals surface area contributed by atoms with Crippen LogP contribution in [0.1, 0.15) is 38.3 Å². The minimum Gasteiger partial charge on any atom is -0.310 e. The summed E-state index contributed by atoms with van der Waals surface area (Å²) < 4.78 is 1.29. The molecule has 0 heterocycles. The van der Waals surface area contributed by atoms with Crippen LogP contribution in [0, 0.1) is 3.57 Å². The van der Waals surface area contributed by atoms with Crippen molar-refractivity contribution in [3.05, 3.63) is 45.6 Å². The number of hydrogen-bond donors (Lipinski definition) is 1. The van der Waals surface area contributed by atoms with Crippen molar-refractivity contribution in [1.82, 2.24) is 5.32 Å². The second kappa shape index (κ2) is 7.07. The van der Waals surface area contributed by atoms with E-state index >= 15 is 0 Å². The lowest BCUT2D eigenvalue weighted by Crippen LogP contribution is -2.22. The molecule has 1 rings (SSSR count). The molecule has 0 saturated carbocycles. The van der Waals surface area contributed by atoms with Crippen molar-refractivity contribution in [2.45, 2.75) is 32.7 Å². The van der Waals surface area contributed by atoms with Crippen LogP contribution in [0.3, 0.4) is 0 Å². The van der Waals surface area contributed by atoms with Gasteiger partial charge in [0.15, 0.2) is 0 Å². The van der Waals surface area contributed by atoms with Gasteiger partial charge in [-0.05, 0) is 66.6 Å². The van der Waals surface area contributed by atoms with Crippen molar-refractivity contribution in [3.63, 3.8) is 0 Å². The number of hydrogen-bond acceptors (Lipinski definition) is 1. The molecule has 0 bridgehead atoms. The quantitative estimate of drug-likeness (QED) is 0.606. The van der Waals surface area contributed by atoms with Crippen LogP contribution in [-0.2, 0) is 0 Å². The highest BCUT2D eigenvalue weighted by molar-refractivity contribution is 14.1. The molecule has 88 valence electrons. The molecule has 16 heavy (non-hydrogen) atoms. The molecule has 1 aromatic rings. The van der Waals surface area contributed by atoms with Gasteiger partial charge in [0.2, 0.25) is 0 Å². The Morgan fingerprint density at radius 3 is 2.81 bits per heavy atom. The third kappa shape index (κ3) is 4.66. The minimum atomic E-state index is 0.409. The molecule has 0 fully saturated rings. The highest BCUT2D eigenvalue weighted by atomic mass is 127. The molecule has 1 N–H and O–H groups in total. The van der Waals surface area contributed by atoms with Gasteiger partial charge in [0.25, 0.3) is 0 Å². The molecule has 0 aliphatic heterocycles. The lowest BCUT2D eigenvalue weighted by Gasteiger charge is -2.19. The third-order valence-electron chi connectivity index (χ3n) is 2.44. The molecular weight excluding hydrogens is 309 g/mol. The van der Waals surface area contributed by atoms with E-state index in [2.05, 4.69) is 72.6 Å². The molecule has 0 aromatic heterocycles. The van der Waals surface area contributed by atoms with Crippen molar-refractivity contribution >= 4 is 22.6 Å². The molecule has 2 heteroatoms. The predicted molar refractivity (Wildman–Crippen MR) is 79.6 cm³/mol. The minimum absolute atomic E-state index is 0.409. The van der Waals surface area contributed by atoms with Gasteiger partial charge in [-0.15, -0.1) is 6.58 Å². The molecule has 1 aromatic carbocycles. The first-order chi connectivity index (χ1) is 7.63. The Kier molecular flexibility index (Phi) is 6.06. The molecule has 0 saturated heterocycles. The maximum atomic E-state index is 4.01. The van der Waals surface area contributed by atoms with Crippen LogP contribution in [0.4, 0.5) is 0 Å². The predicted octanol–water partition coefficient (Wildman–Crippen LogP) is 4.30. The van der Waals surface area contributed by atoms with Crippen LogP contribution in [0.25, 0.3) is 0 Å². The number of rotatable bonds is 6. The molecule has 0 aliphatic carbocycles. The van der Waals surface area contributed by atoms with Gasteiger partial charge in [0.1, 0.15) is 0 Å². The van der Waals surface area contributed by atoms with Crippen molar-refractivity contribution in [3.8, 4) is 0 Å². The Bertz CT molecular complexity index is 346. The zero-order valence-corrected chi connectivity index (χ0v) is 12.3. The van der Waals surface area contributed by atoms with Crippen molar-refractivity contribution in [2.24, 2.45) is 0 Å². The van der Waals surface area contributed by atoms with Gasteiger partial charge in [-0.3, -0.25) is 0 Å². The Morgan fingerprint density at radius 1 is 1.50 bits per heavy atom. The van der Waals surface area contributed by atoms with Gasteiger partial charge in [0.05, 0.1) is 0 Å². The second-order valence-corrected chi connectivity index (χ2v) is 5.47. The SMILES string of the molecule is C=C(C)CC(NCCC)c1cccc(I)c1. The van der Waals surface area contributed by atoms with E-state index in [0.29, 0.717) is 6.04 Å². The highest BCUT2D eigenvalue weighted by Gasteiger charge is 2.10. The Hall–Kier alpha value is -0.350. The summed E-state index contributed by atoms with van der Waals surface area (Å²) in [6, 6.07) is 9.10. The summed E-state index contributed by atoms with van der Waals surface area (Å²) in [6.45, 7) is 9.35. The summed E-state index contributed by atoms with van der Waals surface area (Å²) in [5, 5.41) is 3.58. The van der Waals surface area contributed by atoms with E-state index < -0.39 is 0 Å². The molecule has 0 radical (unpaired) electrons. The van der Waals surface area contributed by atoms with Crippen LogP contribution >= 0.6 is 22.6 Å². The van der Waals surface area contributed by atoms with E-state index in [9.17, 15) is 0 Å². The monoisotopic (exact) mass is 329 g/mol. The highest BCUT2D eigenvalue weighted by Crippen LogP contribution is 2.21. The molecule has 0 amide bonds. The van der Waals surface area contributed by atoms with Gasteiger partial charge in [-0.25, -0.2) is 0 Å². The Balaban J connectivity index is 2.78. The molecule has 0 spiro atoms. The summed E-state index contributed by atoms with van der Waals surface area (Å²) in [7, 11) is 0. The Morgan fingerprint density at radius 2 is 2.25 bits per heavy atom. The van der Waals surface area contributed by atoms with Crippen LogP contribution < -0.4 is 5.32 Å². The molecule has 1 atom stereocenters. The van der Waals surface area contributed by atoms with Crippen molar-refractivity contribution in [1.29, 1.82) is 0 Å². The van der Waals surface area contributed by atoms with Gasteiger partial charge in [-0.1, -0.05) is 24.6 Å². The van der Waals surface area contributed by atoms with Crippen LogP contribution in [0.5, 0.6) is 0 Å². The van der Waals surface area contributed by atoms with Crippen LogP contribution in [0.15, 0.2) is 36.4 Å². The fourth-order valence-corrected chi connectivity index (χ4v) is 2.27. The first-order valence-corrected chi connectivity index (χ1v) is 6.84. The van der Waals surface area contributed by atoms with E-state index in [4.69, 9.17) is 0 Å². The Labute approximate surface area is 112 Å². The molecular formula is C14H20IN. The van der Waals surface area contributed by atoms with Crippen molar-refractivity contribution in [2.75, 3.05) is 6.54 Å². The third-order valence-corrected chi connectivity index (χ3v) is 3.12. The number of benzene rings is 1. The zero-order valence-electron chi connectivity index (χ0n) is 10.1. The van der Waals surface area contributed by atoms with Crippen molar-refractivity contribution < 1.29 is 0 Å². The first kappa shape index (κ1) is 13.7. The smallest absolute Gasteiger partial charge is 0.0357 e. The van der Waals surface area contributed by atoms with Gasteiger partial charge >= 0.3 is 0 Å². The van der Waals surface area contributed by atoms with Gasteiger partial charge in [-0.2, -0.15) is 0 Å². The maximum absolute atomic E-state index is 4.01. The summed E-state index contributed by atoms with van der Waals surface area (Å²) in [4.78, 5) is 0. The summed E-state index contributed by atoms with van der Waals surface area (Å²) >= 11 is 2.36. The lowest BCUT2D eigenvalue weighted by atomic mass is 10.0. The average molecular weight is 329 g/mol. The summed E-state index contributed by atoms with van der Waals surface area (Å²) in [5.74, 6) is 0. The normalized spacial score (nSPS) is 12.4. The topological polar surface area (TPSA) is 12.0 Å². The largest absolute Gasteiger partial charge is 0.310 e. The number of halogens is 1. The standard InChI is InChI=1S/C14H20IN/c1-4-8-16-14(9-11(2)3)12-6-5-7-13(15)10-12/h5-7,10,14,16H,2,4,8-9H2,1,3H3. The zero-order chi connectivity index (χ0) is 12.0. The van der Waals surface area contributed by atoms with E-state index in [1.165, 1.54) is 14.7 Å². The fourth-order valence-electron chi connectivity index (χ4n) is 1.70. The lowest BCUT2D eigenvalue weighted by molar-refractivity contribution is 0.528. The van der Waals surface area contributed by atoms with E-state index in [0.717, 1.165) is 19.4 Å². The average Bonchev–Trinajstić information content (AvgIpc) is 2.23. The molecule has 0 aliphatic rings. The number of nitrogens with one attached hydrogen (secondary N) is 1. The van der Waals surface area contributed by atoms with Crippen LogP contribution in [0.2, 0.25) is 0 Å². The fraction of sp³-hybridized carbons (Fsp3) is 0.429. The maximum Gasteiger partial charge on any atom is 0.0357 e. The second-order valence-electron chi connectivity index (χ2n) is 4.22.